The zero-order valence-electron chi connectivity index (χ0n) is 20.3. The number of hydrogen-bond donors (Lipinski definition) is 0. The molecule has 1 amide bonds. The van der Waals surface area contributed by atoms with Crippen LogP contribution >= 0.6 is 0 Å². The maximum absolute atomic E-state index is 13.3. The number of hydrogen-bond acceptors (Lipinski definition) is 6. The Balaban J connectivity index is 1.33. The first kappa shape index (κ1) is 24.7. The number of nitrogens with zero attached hydrogens (tertiary/aromatic N) is 1. The summed E-state index contributed by atoms with van der Waals surface area (Å²) >= 11 is 0. The lowest BCUT2D eigenvalue weighted by molar-refractivity contribution is -0.141. The van der Waals surface area contributed by atoms with Crippen molar-refractivity contribution < 1.29 is 27.5 Å². The van der Waals surface area contributed by atoms with Crippen molar-refractivity contribution >= 4 is 27.5 Å². The van der Waals surface area contributed by atoms with Crippen molar-refractivity contribution in [2.75, 3.05) is 6.61 Å². The van der Waals surface area contributed by atoms with E-state index >= 15 is 0 Å². The van der Waals surface area contributed by atoms with Crippen LogP contribution in [0.15, 0.2) is 52.3 Å². The van der Waals surface area contributed by atoms with E-state index in [2.05, 4.69) is 0 Å². The molecule has 8 heteroatoms. The first-order valence-electron chi connectivity index (χ1n) is 12.9. The number of benzene rings is 2. The van der Waals surface area contributed by atoms with Crippen LogP contribution in [0.4, 0.5) is 0 Å². The molecule has 2 aliphatic carbocycles. The third kappa shape index (κ3) is 4.59. The molecule has 0 unspecified atom stereocenters. The van der Waals surface area contributed by atoms with Gasteiger partial charge in [-0.1, -0.05) is 50.7 Å². The maximum atomic E-state index is 13.3. The third-order valence-electron chi connectivity index (χ3n) is 7.72. The van der Waals surface area contributed by atoms with Crippen LogP contribution in [0.1, 0.15) is 90.5 Å². The topological polar surface area (TPSA) is 97.8 Å². The standard InChI is InChI=1S/C28H31NO6S/c30-26(29(20-9-3-1-4-10-20)21-11-5-2-6-12-21)18-35-28(32)19-15-16-23-25(17-19)36(33,34)24-14-8-7-13-22(24)27(23)31/h7-8,13-17,20-21H,1-6,9-12,18H2. The van der Waals surface area contributed by atoms with Gasteiger partial charge in [0.25, 0.3) is 5.91 Å². The Hall–Kier alpha value is -3.00. The van der Waals surface area contributed by atoms with Gasteiger partial charge in [0.2, 0.25) is 9.84 Å². The van der Waals surface area contributed by atoms with Gasteiger partial charge in [-0.2, -0.15) is 0 Å². The molecule has 2 aromatic rings. The monoisotopic (exact) mass is 509 g/mol. The molecule has 1 aliphatic heterocycles. The summed E-state index contributed by atoms with van der Waals surface area (Å²) < 4.78 is 31.7. The molecular formula is C28H31NO6S. The molecule has 3 aliphatic rings. The van der Waals surface area contributed by atoms with Crippen molar-refractivity contribution in [1.29, 1.82) is 0 Å². The molecule has 2 aromatic carbocycles. The minimum Gasteiger partial charge on any atom is -0.452 e. The number of ether oxygens (including phenoxy) is 1. The molecule has 0 radical (unpaired) electrons. The molecule has 0 atom stereocenters. The van der Waals surface area contributed by atoms with Crippen molar-refractivity contribution in [2.45, 2.75) is 86.1 Å². The van der Waals surface area contributed by atoms with Crippen LogP contribution < -0.4 is 0 Å². The van der Waals surface area contributed by atoms with Gasteiger partial charge in [-0.25, -0.2) is 13.2 Å². The highest BCUT2D eigenvalue weighted by Gasteiger charge is 2.36. The molecule has 2 fully saturated rings. The lowest BCUT2D eigenvalue weighted by Gasteiger charge is -2.41. The normalized spacial score (nSPS) is 19.7. The number of carbonyl (C=O) groups excluding carboxylic acids is 3. The van der Waals surface area contributed by atoms with Crippen LogP contribution in [0.5, 0.6) is 0 Å². The van der Waals surface area contributed by atoms with E-state index in [0.717, 1.165) is 51.4 Å². The van der Waals surface area contributed by atoms with Gasteiger partial charge >= 0.3 is 5.97 Å². The zero-order chi connectivity index (χ0) is 25.3. The van der Waals surface area contributed by atoms with E-state index in [1.54, 1.807) is 12.1 Å². The van der Waals surface area contributed by atoms with Crippen LogP contribution in [0.2, 0.25) is 0 Å². The number of esters is 1. The first-order valence-corrected chi connectivity index (χ1v) is 14.4. The summed E-state index contributed by atoms with van der Waals surface area (Å²) in [5.41, 5.74) is 0.151. The highest BCUT2D eigenvalue weighted by Crippen LogP contribution is 2.35. The van der Waals surface area contributed by atoms with Gasteiger partial charge < -0.3 is 9.64 Å². The summed E-state index contributed by atoms with van der Waals surface area (Å²) in [7, 11) is -3.97. The Kier molecular flexibility index (Phi) is 6.97. The van der Waals surface area contributed by atoms with Crippen molar-refractivity contribution in [3.63, 3.8) is 0 Å². The molecule has 36 heavy (non-hydrogen) atoms. The second-order valence-electron chi connectivity index (χ2n) is 10.0. The van der Waals surface area contributed by atoms with Crippen molar-refractivity contribution in [1.82, 2.24) is 4.90 Å². The number of ketones is 1. The second-order valence-corrected chi connectivity index (χ2v) is 11.9. The molecule has 0 aromatic heterocycles. The molecule has 5 rings (SSSR count). The predicted octanol–water partition coefficient (Wildman–Crippen LogP) is 4.71. The summed E-state index contributed by atoms with van der Waals surface area (Å²) in [5, 5.41) is 0. The van der Waals surface area contributed by atoms with E-state index in [-0.39, 0.29) is 51.1 Å². The molecule has 0 N–H and O–H groups in total. The van der Waals surface area contributed by atoms with Gasteiger partial charge in [0.15, 0.2) is 12.4 Å². The van der Waals surface area contributed by atoms with Crippen LogP contribution in [0.3, 0.4) is 0 Å². The van der Waals surface area contributed by atoms with Crippen LogP contribution in [-0.2, 0) is 19.4 Å². The van der Waals surface area contributed by atoms with Gasteiger partial charge in [0, 0.05) is 23.2 Å². The van der Waals surface area contributed by atoms with E-state index in [1.807, 2.05) is 4.90 Å². The van der Waals surface area contributed by atoms with E-state index in [4.69, 9.17) is 4.74 Å². The third-order valence-corrected chi connectivity index (χ3v) is 9.58. The predicted molar refractivity (Wildman–Crippen MR) is 133 cm³/mol. The molecule has 0 spiro atoms. The average molecular weight is 510 g/mol. The zero-order valence-corrected chi connectivity index (χ0v) is 21.1. The summed E-state index contributed by atoms with van der Waals surface area (Å²) in [6, 6.07) is 10.3. The second kappa shape index (κ2) is 10.2. The van der Waals surface area contributed by atoms with E-state index in [1.165, 1.54) is 43.2 Å². The van der Waals surface area contributed by atoms with Crippen LogP contribution in [0, 0.1) is 0 Å². The quantitative estimate of drug-likeness (QED) is 0.462. The molecular weight excluding hydrogens is 478 g/mol. The molecule has 1 heterocycles. The molecule has 190 valence electrons. The van der Waals surface area contributed by atoms with Crippen molar-refractivity contribution in [3.05, 3.63) is 59.2 Å². The Morgan fingerprint density at radius 2 is 1.39 bits per heavy atom. The summed E-state index contributed by atoms with van der Waals surface area (Å²) in [6.07, 6.45) is 10.7. The largest absolute Gasteiger partial charge is 0.452 e. The Bertz CT molecular complexity index is 1270. The van der Waals surface area contributed by atoms with E-state index in [0.29, 0.717) is 0 Å². The minimum absolute atomic E-state index is 0.000751. The fraction of sp³-hybridized carbons (Fsp3) is 0.464. The van der Waals surface area contributed by atoms with Gasteiger partial charge in [-0.15, -0.1) is 0 Å². The fourth-order valence-electron chi connectivity index (χ4n) is 5.92. The molecule has 7 nitrogen and oxygen atoms in total. The minimum atomic E-state index is -3.97. The number of fused-ring (bicyclic) bond motifs is 2. The number of carbonyl (C=O) groups is 3. The van der Waals surface area contributed by atoms with Gasteiger partial charge in [0.1, 0.15) is 0 Å². The van der Waals surface area contributed by atoms with Crippen molar-refractivity contribution in [2.24, 2.45) is 0 Å². The highest BCUT2D eigenvalue weighted by atomic mass is 32.2. The smallest absolute Gasteiger partial charge is 0.338 e. The Labute approximate surface area is 211 Å². The fourth-order valence-corrected chi connectivity index (χ4v) is 7.60. The van der Waals surface area contributed by atoms with Gasteiger partial charge in [0.05, 0.1) is 15.4 Å². The molecule has 0 saturated heterocycles. The van der Waals surface area contributed by atoms with Gasteiger partial charge in [-0.05, 0) is 56.0 Å². The summed E-state index contributed by atoms with van der Waals surface area (Å²) in [6.45, 7) is -0.378. The summed E-state index contributed by atoms with van der Waals surface area (Å²) in [5.74, 6) is -1.36. The SMILES string of the molecule is O=C(OCC(=O)N(C1CCCCC1)C1CCCCC1)c1ccc2c(c1)S(=O)(=O)c1ccccc1C2=O. The first-order chi connectivity index (χ1) is 17.4. The molecule has 0 bridgehead atoms. The summed E-state index contributed by atoms with van der Waals surface area (Å²) in [4.78, 5) is 40.7. The van der Waals surface area contributed by atoms with E-state index in [9.17, 15) is 22.8 Å². The number of rotatable bonds is 5. The molecule has 2 saturated carbocycles. The van der Waals surface area contributed by atoms with Crippen LogP contribution in [-0.4, -0.2) is 49.7 Å². The van der Waals surface area contributed by atoms with Crippen LogP contribution in [0.25, 0.3) is 0 Å². The lowest BCUT2D eigenvalue weighted by atomic mass is 9.88. The van der Waals surface area contributed by atoms with Crippen molar-refractivity contribution in [3.8, 4) is 0 Å². The average Bonchev–Trinajstić information content (AvgIpc) is 2.92. The van der Waals surface area contributed by atoms with E-state index < -0.39 is 21.6 Å². The Morgan fingerprint density at radius 1 is 0.806 bits per heavy atom. The van der Waals surface area contributed by atoms with Gasteiger partial charge in [-0.3, -0.25) is 9.59 Å². The Morgan fingerprint density at radius 3 is 2.03 bits per heavy atom. The maximum Gasteiger partial charge on any atom is 0.338 e. The number of sulfone groups is 1. The lowest BCUT2D eigenvalue weighted by Crippen LogP contribution is -2.50. The highest BCUT2D eigenvalue weighted by molar-refractivity contribution is 7.91. The number of amides is 1.